The predicted octanol–water partition coefficient (Wildman–Crippen LogP) is 3.18. The van der Waals surface area contributed by atoms with Gasteiger partial charge in [-0.05, 0) is 55.2 Å². The molecule has 2 amide bonds. The van der Waals surface area contributed by atoms with Crippen molar-refractivity contribution in [2.45, 2.75) is 19.4 Å². The average molecular weight is 386 g/mol. The van der Waals surface area contributed by atoms with Gasteiger partial charge >= 0.3 is 5.97 Å². The van der Waals surface area contributed by atoms with Gasteiger partial charge in [-0.1, -0.05) is 24.3 Å². The largest absolute Gasteiger partial charge is 0.478 e. The molecule has 7 heteroatoms. The molecule has 0 saturated carbocycles. The summed E-state index contributed by atoms with van der Waals surface area (Å²) >= 11 is 1.58. The third-order valence-corrected chi connectivity index (χ3v) is 4.65. The van der Waals surface area contributed by atoms with E-state index in [9.17, 15) is 14.4 Å². The highest BCUT2D eigenvalue weighted by Gasteiger charge is 2.22. The molecule has 6 nitrogen and oxygen atoms in total. The minimum atomic E-state index is -1.07. The third-order valence-electron chi connectivity index (χ3n) is 4.01. The second kappa shape index (κ2) is 9.78. The first-order chi connectivity index (χ1) is 12.9. The van der Waals surface area contributed by atoms with Gasteiger partial charge in [0.25, 0.3) is 5.91 Å². The van der Waals surface area contributed by atoms with E-state index in [0.717, 1.165) is 5.56 Å². The highest BCUT2D eigenvalue weighted by atomic mass is 32.2. The summed E-state index contributed by atoms with van der Waals surface area (Å²) in [5.74, 6) is -1.07. The number of aromatic carboxylic acids is 1. The Morgan fingerprint density at radius 1 is 1.07 bits per heavy atom. The lowest BCUT2D eigenvalue weighted by Crippen LogP contribution is -2.44. The maximum absolute atomic E-state index is 12.7. The Morgan fingerprint density at radius 3 is 2.41 bits per heavy atom. The van der Waals surface area contributed by atoms with Gasteiger partial charge in [0.05, 0.1) is 5.56 Å². The maximum Gasteiger partial charge on any atom is 0.335 e. The number of benzene rings is 2. The van der Waals surface area contributed by atoms with E-state index in [4.69, 9.17) is 5.11 Å². The number of carbonyl (C=O) groups is 3. The second-order valence-electron chi connectivity index (χ2n) is 6.00. The molecular formula is C20H22N2O4S. The SMILES string of the molecule is CSCCC(NC(=O)c1ccccc1)C(=O)Nc1cc(C(=O)O)ccc1C. The number of anilines is 1. The molecule has 0 fully saturated rings. The lowest BCUT2D eigenvalue weighted by Gasteiger charge is -2.19. The van der Waals surface area contributed by atoms with E-state index in [1.165, 1.54) is 12.1 Å². The van der Waals surface area contributed by atoms with Crippen LogP contribution in [0, 0.1) is 6.92 Å². The van der Waals surface area contributed by atoms with E-state index in [2.05, 4.69) is 10.6 Å². The van der Waals surface area contributed by atoms with Crippen molar-refractivity contribution < 1.29 is 19.5 Å². The van der Waals surface area contributed by atoms with Gasteiger partial charge in [0.15, 0.2) is 0 Å². The van der Waals surface area contributed by atoms with Crippen molar-refractivity contribution >= 4 is 35.2 Å². The molecule has 2 rings (SSSR count). The van der Waals surface area contributed by atoms with E-state index in [1.54, 1.807) is 49.0 Å². The minimum Gasteiger partial charge on any atom is -0.478 e. The lowest BCUT2D eigenvalue weighted by atomic mass is 10.1. The van der Waals surface area contributed by atoms with Crippen molar-refractivity contribution in [2.24, 2.45) is 0 Å². The summed E-state index contributed by atoms with van der Waals surface area (Å²) in [4.78, 5) is 36.3. The summed E-state index contributed by atoms with van der Waals surface area (Å²) in [5, 5.41) is 14.6. The van der Waals surface area contributed by atoms with Gasteiger partial charge in [0.1, 0.15) is 6.04 Å². The van der Waals surface area contributed by atoms with Crippen LogP contribution in [0.3, 0.4) is 0 Å². The summed E-state index contributed by atoms with van der Waals surface area (Å²) in [5.41, 5.74) is 1.72. The van der Waals surface area contributed by atoms with Gasteiger partial charge in [-0.25, -0.2) is 4.79 Å². The predicted molar refractivity (Wildman–Crippen MR) is 107 cm³/mol. The van der Waals surface area contributed by atoms with Gasteiger partial charge in [-0.2, -0.15) is 11.8 Å². The van der Waals surface area contributed by atoms with E-state index in [0.29, 0.717) is 23.4 Å². The number of carboxylic acids is 1. The Kier molecular flexibility index (Phi) is 7.43. The molecule has 27 heavy (non-hydrogen) atoms. The first-order valence-electron chi connectivity index (χ1n) is 8.42. The van der Waals surface area contributed by atoms with Crippen molar-refractivity contribution in [3.8, 4) is 0 Å². The molecule has 2 aromatic rings. The first-order valence-corrected chi connectivity index (χ1v) is 9.81. The first kappa shape index (κ1) is 20.5. The number of hydrogen-bond acceptors (Lipinski definition) is 4. The fraction of sp³-hybridized carbons (Fsp3) is 0.250. The summed E-state index contributed by atoms with van der Waals surface area (Å²) in [6, 6.07) is 12.5. The average Bonchev–Trinajstić information content (AvgIpc) is 2.67. The number of amides is 2. The molecule has 0 aromatic heterocycles. The Bertz CT molecular complexity index is 824. The zero-order valence-corrected chi connectivity index (χ0v) is 16.0. The molecule has 0 spiro atoms. The molecule has 0 heterocycles. The number of aryl methyl sites for hydroxylation is 1. The molecule has 1 unspecified atom stereocenters. The minimum absolute atomic E-state index is 0.0879. The van der Waals surface area contributed by atoms with E-state index in [1.807, 2.05) is 12.3 Å². The monoisotopic (exact) mass is 386 g/mol. The molecule has 0 saturated heterocycles. The van der Waals surface area contributed by atoms with Gasteiger partial charge in [-0.3, -0.25) is 9.59 Å². The van der Waals surface area contributed by atoms with Crippen molar-refractivity contribution in [3.05, 3.63) is 65.2 Å². The molecule has 0 aliphatic carbocycles. The van der Waals surface area contributed by atoms with Crippen LogP contribution >= 0.6 is 11.8 Å². The quantitative estimate of drug-likeness (QED) is 0.648. The highest BCUT2D eigenvalue weighted by Crippen LogP contribution is 2.18. The lowest BCUT2D eigenvalue weighted by molar-refractivity contribution is -0.118. The highest BCUT2D eigenvalue weighted by molar-refractivity contribution is 7.98. The number of thioether (sulfide) groups is 1. The fourth-order valence-electron chi connectivity index (χ4n) is 2.45. The van der Waals surface area contributed by atoms with E-state index in [-0.39, 0.29) is 17.4 Å². The van der Waals surface area contributed by atoms with Gasteiger partial charge in [-0.15, -0.1) is 0 Å². The molecule has 0 bridgehead atoms. The van der Waals surface area contributed by atoms with Crippen LogP contribution in [0.15, 0.2) is 48.5 Å². The van der Waals surface area contributed by atoms with Crippen LogP contribution in [0.5, 0.6) is 0 Å². The van der Waals surface area contributed by atoms with Crippen molar-refractivity contribution in [1.82, 2.24) is 5.32 Å². The molecule has 3 N–H and O–H groups in total. The molecular weight excluding hydrogens is 364 g/mol. The van der Waals surface area contributed by atoms with Crippen LogP contribution in [-0.2, 0) is 4.79 Å². The Hall–Kier alpha value is -2.80. The van der Waals surface area contributed by atoms with Crippen molar-refractivity contribution in [2.75, 3.05) is 17.3 Å². The molecule has 1 atom stereocenters. The molecule has 0 radical (unpaired) electrons. The summed E-state index contributed by atoms with van der Waals surface area (Å²) < 4.78 is 0. The summed E-state index contributed by atoms with van der Waals surface area (Å²) in [7, 11) is 0. The normalized spacial score (nSPS) is 11.5. The van der Waals surface area contributed by atoms with E-state index >= 15 is 0 Å². The molecule has 0 aliphatic rings. The number of rotatable bonds is 8. The zero-order chi connectivity index (χ0) is 19.8. The van der Waals surface area contributed by atoms with Gasteiger partial charge in [0, 0.05) is 11.3 Å². The second-order valence-corrected chi connectivity index (χ2v) is 6.98. The number of carbonyl (C=O) groups excluding carboxylic acids is 2. The number of nitrogens with one attached hydrogen (secondary N) is 2. The molecule has 2 aromatic carbocycles. The fourth-order valence-corrected chi connectivity index (χ4v) is 2.92. The van der Waals surface area contributed by atoms with E-state index < -0.39 is 12.0 Å². The number of carboxylic acid groups (broad SMARTS) is 1. The van der Waals surface area contributed by atoms with Crippen LogP contribution < -0.4 is 10.6 Å². The summed E-state index contributed by atoms with van der Waals surface area (Å²) in [6.07, 6.45) is 2.39. The Balaban J connectivity index is 2.16. The zero-order valence-electron chi connectivity index (χ0n) is 15.2. The van der Waals surface area contributed by atoms with Crippen LogP contribution in [0.1, 0.15) is 32.7 Å². The topological polar surface area (TPSA) is 95.5 Å². The Morgan fingerprint density at radius 2 is 1.78 bits per heavy atom. The number of hydrogen-bond donors (Lipinski definition) is 3. The molecule has 0 aliphatic heterocycles. The third kappa shape index (κ3) is 5.86. The molecule has 142 valence electrons. The summed E-state index contributed by atoms with van der Waals surface area (Å²) in [6.45, 7) is 1.78. The maximum atomic E-state index is 12.7. The Labute approximate surface area is 162 Å². The van der Waals surface area contributed by atoms with Crippen LogP contribution in [-0.4, -0.2) is 40.9 Å². The smallest absolute Gasteiger partial charge is 0.335 e. The van der Waals surface area contributed by atoms with Crippen LogP contribution in [0.2, 0.25) is 0 Å². The van der Waals surface area contributed by atoms with Crippen molar-refractivity contribution in [3.63, 3.8) is 0 Å². The van der Waals surface area contributed by atoms with Crippen LogP contribution in [0.25, 0.3) is 0 Å². The van der Waals surface area contributed by atoms with Crippen LogP contribution in [0.4, 0.5) is 5.69 Å². The van der Waals surface area contributed by atoms with Gasteiger partial charge in [0.2, 0.25) is 5.91 Å². The van der Waals surface area contributed by atoms with Crippen molar-refractivity contribution in [1.29, 1.82) is 0 Å². The standard InChI is InChI=1S/C20H22N2O4S/c1-13-8-9-15(20(25)26)12-17(13)22-19(24)16(10-11-27-2)21-18(23)14-6-4-3-5-7-14/h3-9,12,16H,10-11H2,1-2H3,(H,21,23)(H,22,24)(H,25,26). The van der Waals surface area contributed by atoms with Gasteiger partial charge < -0.3 is 15.7 Å².